The monoisotopic (exact) mass is 293 g/mol. The lowest BCUT2D eigenvalue weighted by Crippen LogP contribution is -1.96. The number of unbranched alkanes of at least 4 members (excludes halogenated alkanes) is 5. The lowest BCUT2D eigenvalue weighted by atomic mass is 10.3. The van der Waals surface area contributed by atoms with Crippen molar-refractivity contribution in [1.29, 1.82) is 0 Å². The van der Waals surface area contributed by atoms with Crippen molar-refractivity contribution >= 4 is 0 Å². The van der Waals surface area contributed by atoms with E-state index in [0.29, 0.717) is 0 Å². The molecule has 0 bridgehead atoms. The summed E-state index contributed by atoms with van der Waals surface area (Å²) in [7, 11) is 0. The van der Waals surface area contributed by atoms with E-state index >= 15 is 0 Å². The predicted octanol–water partition coefficient (Wildman–Crippen LogP) is 4.68. The zero-order valence-corrected chi connectivity index (χ0v) is 14.5. The molecule has 0 aromatic rings. The minimum Gasteiger partial charge on any atom is -0.331 e. The van der Waals surface area contributed by atoms with Crippen LogP contribution in [0, 0.1) is 0 Å². The first-order valence-corrected chi connectivity index (χ1v) is 8.26. The topological polar surface area (TPSA) is 78.1 Å². The third kappa shape index (κ3) is 108. The molecule has 0 fully saturated rings. The van der Waals surface area contributed by atoms with Crippen LogP contribution in [-0.4, -0.2) is 19.6 Å². The van der Waals surface area contributed by atoms with Crippen molar-refractivity contribution in [3.05, 3.63) is 0 Å². The van der Waals surface area contributed by atoms with E-state index in [0.717, 1.165) is 19.6 Å². The number of hydrogen-bond acceptors (Lipinski definition) is 3. The van der Waals surface area contributed by atoms with Gasteiger partial charge in [0.2, 0.25) is 0 Å². The molecule has 0 aliphatic heterocycles. The fourth-order valence-electron chi connectivity index (χ4n) is 0.789. The van der Waals surface area contributed by atoms with Crippen LogP contribution in [0.2, 0.25) is 0 Å². The number of nitrogens with two attached hydrogens (primary N) is 3. The van der Waals surface area contributed by atoms with Gasteiger partial charge in [-0.15, -0.1) is 0 Å². The average Bonchev–Trinajstić information content (AvgIpc) is 2.44. The van der Waals surface area contributed by atoms with Crippen LogP contribution >= 0.6 is 0 Å². The highest BCUT2D eigenvalue weighted by molar-refractivity contribution is 4.35. The van der Waals surface area contributed by atoms with E-state index in [4.69, 9.17) is 17.2 Å². The molecule has 0 rings (SSSR count). The Morgan fingerprint density at radius 2 is 0.750 bits per heavy atom. The molecule has 0 spiro atoms. The second-order valence-electron chi connectivity index (χ2n) is 4.40. The van der Waals surface area contributed by atoms with Gasteiger partial charge < -0.3 is 17.2 Å². The van der Waals surface area contributed by atoms with E-state index < -0.39 is 0 Å². The number of rotatable bonds is 7. The molecular formula is C17H47N3. The lowest BCUT2D eigenvalue weighted by molar-refractivity contribution is 0.727. The van der Waals surface area contributed by atoms with Gasteiger partial charge in [-0.2, -0.15) is 0 Å². The third-order valence-electron chi connectivity index (χ3n) is 2.12. The molecular weight excluding hydrogens is 246 g/mol. The van der Waals surface area contributed by atoms with Crippen molar-refractivity contribution in [3.8, 4) is 0 Å². The van der Waals surface area contributed by atoms with E-state index in [1.807, 2.05) is 6.92 Å². The molecule has 0 radical (unpaired) electrons. The van der Waals surface area contributed by atoms with Crippen molar-refractivity contribution in [2.45, 2.75) is 93.4 Å². The smallest absolute Gasteiger partial charge is 0.00773 e. The van der Waals surface area contributed by atoms with Gasteiger partial charge in [0.1, 0.15) is 0 Å². The molecule has 6 N–H and O–H groups in total. The first-order chi connectivity index (χ1) is 9.16. The minimum atomic E-state index is 0. The van der Waals surface area contributed by atoms with Gasteiger partial charge >= 0.3 is 0 Å². The molecule has 0 aromatic carbocycles. The Hall–Kier alpha value is -0.120. The second-order valence-corrected chi connectivity index (χ2v) is 4.40. The molecule has 3 heteroatoms. The molecule has 0 atom stereocenters. The third-order valence-corrected chi connectivity index (χ3v) is 2.12. The van der Waals surface area contributed by atoms with Gasteiger partial charge in [0, 0.05) is 0 Å². The molecule has 0 saturated carbocycles. The molecule has 0 saturated heterocycles. The van der Waals surface area contributed by atoms with Gasteiger partial charge in [-0.05, 0) is 32.5 Å². The predicted molar refractivity (Wildman–Crippen MR) is 99.2 cm³/mol. The quantitative estimate of drug-likeness (QED) is 0.596. The Labute approximate surface area is 131 Å². The van der Waals surface area contributed by atoms with Crippen LogP contribution in [0.15, 0.2) is 0 Å². The molecule has 0 aromatic heterocycles. The van der Waals surface area contributed by atoms with Crippen LogP contribution in [0.5, 0.6) is 0 Å². The van der Waals surface area contributed by atoms with Crippen molar-refractivity contribution in [3.63, 3.8) is 0 Å². The van der Waals surface area contributed by atoms with Crippen LogP contribution in [0.4, 0.5) is 0 Å². The molecule has 0 aliphatic rings. The van der Waals surface area contributed by atoms with Crippen LogP contribution in [-0.2, 0) is 0 Å². The highest BCUT2D eigenvalue weighted by Crippen LogP contribution is 1.88. The maximum Gasteiger partial charge on any atom is -0.00773 e. The van der Waals surface area contributed by atoms with Crippen LogP contribution in [0.3, 0.4) is 0 Å². The zero-order chi connectivity index (χ0) is 15.8. The van der Waals surface area contributed by atoms with Crippen LogP contribution in [0.25, 0.3) is 0 Å². The Kier molecular flexibility index (Phi) is 81.6. The SMILES string of the molecule is C.CCCC.CCCCCN.CCCCCN.CCN. The molecule has 0 heterocycles. The highest BCUT2D eigenvalue weighted by atomic mass is 14.5. The normalized spacial score (nSPS) is 7.80. The van der Waals surface area contributed by atoms with Gasteiger partial charge in [0.15, 0.2) is 0 Å². The van der Waals surface area contributed by atoms with E-state index in [9.17, 15) is 0 Å². The van der Waals surface area contributed by atoms with Crippen LogP contribution in [0.1, 0.15) is 93.4 Å². The fourth-order valence-corrected chi connectivity index (χ4v) is 0.789. The first-order valence-electron chi connectivity index (χ1n) is 8.26. The van der Waals surface area contributed by atoms with Gasteiger partial charge in [-0.25, -0.2) is 0 Å². The lowest BCUT2D eigenvalue weighted by Gasteiger charge is -1.86. The van der Waals surface area contributed by atoms with Crippen molar-refractivity contribution in [1.82, 2.24) is 0 Å². The molecule has 0 unspecified atom stereocenters. The van der Waals surface area contributed by atoms with Crippen molar-refractivity contribution < 1.29 is 0 Å². The number of hydrogen-bond donors (Lipinski definition) is 3. The van der Waals surface area contributed by atoms with Gasteiger partial charge in [0.05, 0.1) is 0 Å². The summed E-state index contributed by atoms with van der Waals surface area (Å²) < 4.78 is 0. The highest BCUT2D eigenvalue weighted by Gasteiger charge is 1.75. The molecule has 0 amide bonds. The molecule has 20 heavy (non-hydrogen) atoms. The Morgan fingerprint density at radius 1 is 0.500 bits per heavy atom. The standard InChI is InChI=1S/2C5H13N.C4H10.C2H7N.CH4/c2*1-2-3-4-5-6;1-3-4-2;1-2-3;/h2*2-6H2,1H3;3-4H2,1-2H3;2-3H2,1H3;1H4. The summed E-state index contributed by atoms with van der Waals surface area (Å²) in [5.74, 6) is 0. The maximum absolute atomic E-state index is 5.21. The Bertz CT molecular complexity index is 70.3. The van der Waals surface area contributed by atoms with Crippen molar-refractivity contribution in [2.75, 3.05) is 19.6 Å². The van der Waals surface area contributed by atoms with E-state index in [2.05, 4.69) is 27.7 Å². The summed E-state index contributed by atoms with van der Waals surface area (Å²) in [6, 6.07) is 0. The fraction of sp³-hybridized carbons (Fsp3) is 1.00. The van der Waals surface area contributed by atoms with Gasteiger partial charge in [-0.3, -0.25) is 0 Å². The summed E-state index contributed by atoms with van der Waals surface area (Å²) in [4.78, 5) is 0. The van der Waals surface area contributed by atoms with Gasteiger partial charge in [0.25, 0.3) is 0 Å². The minimum absolute atomic E-state index is 0. The van der Waals surface area contributed by atoms with E-state index in [1.165, 1.54) is 51.4 Å². The van der Waals surface area contributed by atoms with E-state index in [-0.39, 0.29) is 7.43 Å². The maximum atomic E-state index is 5.21. The summed E-state index contributed by atoms with van der Waals surface area (Å²) >= 11 is 0. The second kappa shape index (κ2) is 51.0. The Morgan fingerprint density at radius 3 is 0.800 bits per heavy atom. The summed E-state index contributed by atoms with van der Waals surface area (Å²) in [6.45, 7) is 13.1. The summed E-state index contributed by atoms with van der Waals surface area (Å²) in [5, 5.41) is 0. The largest absolute Gasteiger partial charge is 0.331 e. The molecule has 130 valence electrons. The average molecular weight is 294 g/mol. The first kappa shape index (κ1) is 32.0. The van der Waals surface area contributed by atoms with Crippen LogP contribution < -0.4 is 17.2 Å². The zero-order valence-electron chi connectivity index (χ0n) is 14.5. The van der Waals surface area contributed by atoms with Gasteiger partial charge in [-0.1, -0.05) is 80.6 Å². The molecule has 3 nitrogen and oxygen atoms in total. The van der Waals surface area contributed by atoms with E-state index in [1.54, 1.807) is 0 Å². The molecule has 0 aliphatic carbocycles. The Balaban J connectivity index is -0.0000000510. The summed E-state index contributed by atoms with van der Waals surface area (Å²) in [6.07, 6.45) is 10.1. The van der Waals surface area contributed by atoms with Crippen molar-refractivity contribution in [2.24, 2.45) is 17.2 Å². The summed E-state index contributed by atoms with van der Waals surface area (Å²) in [5.41, 5.74) is 15.3.